The van der Waals surface area contributed by atoms with Gasteiger partial charge >= 0.3 is 0 Å². The molecule has 0 saturated carbocycles. The van der Waals surface area contributed by atoms with Crippen LogP contribution < -0.4 is 4.90 Å². The van der Waals surface area contributed by atoms with E-state index in [1.807, 2.05) is 24.3 Å². The second-order valence-corrected chi connectivity index (χ2v) is 5.37. The smallest absolute Gasteiger partial charge is 0.193 e. The van der Waals surface area contributed by atoms with E-state index in [0.717, 1.165) is 31.6 Å². The molecule has 0 atom stereocenters. The highest BCUT2D eigenvalue weighted by Crippen LogP contribution is 2.18. The molecule has 0 aliphatic heterocycles. The van der Waals surface area contributed by atoms with Crippen molar-refractivity contribution in [1.29, 1.82) is 0 Å². The number of rotatable bonds is 7. The molecule has 0 spiro atoms. The fraction of sp³-hybridized carbons (Fsp3) is 0.316. The zero-order chi connectivity index (χ0) is 15.9. The minimum Gasteiger partial charge on any atom is -0.372 e. The number of hydrogen-bond donors (Lipinski definition) is 0. The molecule has 0 N–H and O–H groups in total. The lowest BCUT2D eigenvalue weighted by molar-refractivity contribution is 0.103. The lowest BCUT2D eigenvalue weighted by Gasteiger charge is -2.23. The van der Waals surface area contributed by atoms with Crippen LogP contribution in [0.4, 0.5) is 10.1 Å². The summed E-state index contributed by atoms with van der Waals surface area (Å²) in [5, 5.41) is 0. The van der Waals surface area contributed by atoms with Gasteiger partial charge in [-0.3, -0.25) is 4.79 Å². The first-order valence-electron chi connectivity index (χ1n) is 7.81. The summed E-state index contributed by atoms with van der Waals surface area (Å²) in [4.78, 5) is 14.7. The Labute approximate surface area is 131 Å². The first-order valence-corrected chi connectivity index (χ1v) is 7.81. The van der Waals surface area contributed by atoms with Gasteiger partial charge in [-0.1, -0.05) is 13.8 Å². The molecular formula is C19H22FNO. The standard InChI is InChI=1S/C19H22FNO/c1-3-13-21(14-4-2)18-11-7-16(8-12-18)19(22)15-5-9-17(20)10-6-15/h5-12H,3-4,13-14H2,1-2H3. The third kappa shape index (κ3) is 3.94. The Hall–Kier alpha value is -2.16. The Bertz CT molecular complexity index is 598. The van der Waals surface area contributed by atoms with E-state index in [1.165, 1.54) is 24.3 Å². The van der Waals surface area contributed by atoms with Crippen LogP contribution in [-0.4, -0.2) is 18.9 Å². The molecule has 0 bridgehead atoms. The van der Waals surface area contributed by atoms with Crippen molar-refractivity contribution < 1.29 is 9.18 Å². The van der Waals surface area contributed by atoms with E-state index in [-0.39, 0.29) is 11.6 Å². The van der Waals surface area contributed by atoms with Crippen LogP contribution >= 0.6 is 0 Å². The van der Waals surface area contributed by atoms with E-state index in [0.29, 0.717) is 11.1 Å². The van der Waals surface area contributed by atoms with Gasteiger partial charge in [-0.05, 0) is 61.4 Å². The van der Waals surface area contributed by atoms with Crippen molar-refractivity contribution in [3.8, 4) is 0 Å². The van der Waals surface area contributed by atoms with Crippen LogP contribution in [0.15, 0.2) is 48.5 Å². The molecule has 2 rings (SSSR count). The van der Waals surface area contributed by atoms with Gasteiger partial charge in [0.2, 0.25) is 0 Å². The number of halogens is 1. The Balaban J connectivity index is 2.17. The van der Waals surface area contributed by atoms with Crippen molar-refractivity contribution in [1.82, 2.24) is 0 Å². The van der Waals surface area contributed by atoms with Crippen LogP contribution in [0.5, 0.6) is 0 Å². The summed E-state index contributed by atoms with van der Waals surface area (Å²) < 4.78 is 12.9. The highest BCUT2D eigenvalue weighted by Gasteiger charge is 2.10. The Morgan fingerprint density at radius 2 is 1.32 bits per heavy atom. The fourth-order valence-electron chi connectivity index (χ4n) is 2.50. The average Bonchev–Trinajstić information content (AvgIpc) is 2.55. The second kappa shape index (κ2) is 7.74. The van der Waals surface area contributed by atoms with Crippen molar-refractivity contribution in [3.05, 3.63) is 65.5 Å². The fourth-order valence-corrected chi connectivity index (χ4v) is 2.50. The Morgan fingerprint density at radius 1 is 0.864 bits per heavy atom. The van der Waals surface area contributed by atoms with Crippen LogP contribution in [-0.2, 0) is 0 Å². The van der Waals surface area contributed by atoms with Crippen LogP contribution in [0, 0.1) is 5.82 Å². The molecule has 0 saturated heterocycles. The van der Waals surface area contributed by atoms with Crippen LogP contribution in [0.3, 0.4) is 0 Å². The largest absolute Gasteiger partial charge is 0.372 e. The highest BCUT2D eigenvalue weighted by molar-refractivity contribution is 6.09. The number of carbonyl (C=O) groups is 1. The molecule has 0 aromatic heterocycles. The lowest BCUT2D eigenvalue weighted by Crippen LogP contribution is -2.24. The summed E-state index contributed by atoms with van der Waals surface area (Å²) in [5.41, 5.74) is 2.27. The molecule has 2 aromatic rings. The Morgan fingerprint density at radius 3 is 1.77 bits per heavy atom. The van der Waals surface area contributed by atoms with Gasteiger partial charge < -0.3 is 4.90 Å². The first kappa shape index (κ1) is 16.2. The van der Waals surface area contributed by atoms with E-state index >= 15 is 0 Å². The quantitative estimate of drug-likeness (QED) is 0.692. The maximum Gasteiger partial charge on any atom is 0.193 e. The zero-order valence-electron chi connectivity index (χ0n) is 13.2. The molecule has 2 nitrogen and oxygen atoms in total. The monoisotopic (exact) mass is 299 g/mol. The summed E-state index contributed by atoms with van der Waals surface area (Å²) in [6.45, 7) is 6.35. The molecule has 0 heterocycles. The van der Waals surface area contributed by atoms with Gasteiger partial charge in [-0.15, -0.1) is 0 Å². The van der Waals surface area contributed by atoms with Gasteiger partial charge in [0.1, 0.15) is 5.82 Å². The number of carbonyl (C=O) groups excluding carboxylic acids is 1. The highest BCUT2D eigenvalue weighted by atomic mass is 19.1. The third-order valence-corrected chi connectivity index (χ3v) is 3.59. The predicted octanol–water partition coefficient (Wildman–Crippen LogP) is 4.68. The van der Waals surface area contributed by atoms with E-state index in [9.17, 15) is 9.18 Å². The van der Waals surface area contributed by atoms with Crippen molar-refractivity contribution >= 4 is 11.5 Å². The lowest BCUT2D eigenvalue weighted by atomic mass is 10.0. The SMILES string of the molecule is CCCN(CCC)c1ccc(C(=O)c2ccc(F)cc2)cc1. The molecule has 0 aliphatic carbocycles. The van der Waals surface area contributed by atoms with Crippen molar-refractivity contribution in [2.45, 2.75) is 26.7 Å². The maximum atomic E-state index is 12.9. The molecular weight excluding hydrogens is 277 g/mol. The number of hydrogen-bond acceptors (Lipinski definition) is 2. The van der Waals surface area contributed by atoms with Crippen molar-refractivity contribution in [2.24, 2.45) is 0 Å². The Kier molecular flexibility index (Phi) is 5.70. The van der Waals surface area contributed by atoms with E-state index in [1.54, 1.807) is 0 Å². The molecule has 2 aromatic carbocycles. The summed E-state index contributed by atoms with van der Waals surface area (Å²) in [7, 11) is 0. The van der Waals surface area contributed by atoms with Crippen LogP contribution in [0.1, 0.15) is 42.6 Å². The van der Waals surface area contributed by atoms with Crippen molar-refractivity contribution in [3.63, 3.8) is 0 Å². The molecule has 0 radical (unpaired) electrons. The minimum absolute atomic E-state index is 0.0796. The average molecular weight is 299 g/mol. The van der Waals surface area contributed by atoms with Gasteiger partial charge in [0, 0.05) is 29.9 Å². The molecule has 0 unspecified atom stereocenters. The van der Waals surface area contributed by atoms with E-state index < -0.39 is 0 Å². The third-order valence-electron chi connectivity index (χ3n) is 3.59. The number of benzene rings is 2. The summed E-state index contributed by atoms with van der Waals surface area (Å²) in [6.07, 6.45) is 2.19. The number of nitrogens with zero attached hydrogens (tertiary/aromatic N) is 1. The van der Waals surface area contributed by atoms with Gasteiger partial charge in [0.25, 0.3) is 0 Å². The molecule has 0 aliphatic rings. The van der Waals surface area contributed by atoms with Crippen LogP contribution in [0.2, 0.25) is 0 Å². The van der Waals surface area contributed by atoms with E-state index in [4.69, 9.17) is 0 Å². The van der Waals surface area contributed by atoms with Gasteiger partial charge in [0.05, 0.1) is 0 Å². The summed E-state index contributed by atoms with van der Waals surface area (Å²) in [6, 6.07) is 13.3. The van der Waals surface area contributed by atoms with Crippen molar-refractivity contribution in [2.75, 3.05) is 18.0 Å². The normalized spacial score (nSPS) is 10.5. The van der Waals surface area contributed by atoms with Gasteiger partial charge in [-0.25, -0.2) is 4.39 Å². The predicted molar refractivity (Wildman–Crippen MR) is 89.1 cm³/mol. The maximum absolute atomic E-state index is 12.9. The molecule has 0 fully saturated rings. The first-order chi connectivity index (χ1) is 10.7. The number of anilines is 1. The van der Waals surface area contributed by atoms with E-state index in [2.05, 4.69) is 18.7 Å². The summed E-state index contributed by atoms with van der Waals surface area (Å²) in [5.74, 6) is -0.411. The molecule has 22 heavy (non-hydrogen) atoms. The summed E-state index contributed by atoms with van der Waals surface area (Å²) >= 11 is 0. The topological polar surface area (TPSA) is 20.3 Å². The van der Waals surface area contributed by atoms with Crippen LogP contribution in [0.25, 0.3) is 0 Å². The molecule has 3 heteroatoms. The van der Waals surface area contributed by atoms with Gasteiger partial charge in [-0.2, -0.15) is 0 Å². The minimum atomic E-state index is -0.332. The second-order valence-electron chi connectivity index (χ2n) is 5.37. The molecule has 116 valence electrons. The molecule has 0 amide bonds. The number of ketones is 1. The zero-order valence-corrected chi connectivity index (χ0v) is 13.2. The van der Waals surface area contributed by atoms with Gasteiger partial charge in [0.15, 0.2) is 5.78 Å².